The molecule has 0 radical (unpaired) electrons. The number of morpholine rings is 1. The SMILES string of the molecule is CN=C(NCCOCc1ccccc1)NCCN1CCOCC1. The van der Waals surface area contributed by atoms with Crippen molar-refractivity contribution in [3.05, 3.63) is 35.9 Å². The Morgan fingerprint density at radius 3 is 2.65 bits per heavy atom. The van der Waals surface area contributed by atoms with E-state index in [1.54, 1.807) is 7.05 Å². The van der Waals surface area contributed by atoms with E-state index in [0.29, 0.717) is 13.2 Å². The number of hydrogen-bond acceptors (Lipinski definition) is 4. The number of benzene rings is 1. The highest BCUT2D eigenvalue weighted by molar-refractivity contribution is 5.79. The predicted octanol–water partition coefficient (Wildman–Crippen LogP) is 0.700. The second kappa shape index (κ2) is 11.0. The number of aliphatic imine (C=N–C) groups is 1. The zero-order chi connectivity index (χ0) is 16.2. The van der Waals surface area contributed by atoms with Crippen molar-refractivity contribution < 1.29 is 9.47 Å². The van der Waals surface area contributed by atoms with E-state index in [2.05, 4.69) is 32.7 Å². The Balaban J connectivity index is 1.51. The Bertz CT molecular complexity index is 447. The van der Waals surface area contributed by atoms with E-state index in [9.17, 15) is 0 Å². The van der Waals surface area contributed by atoms with Gasteiger partial charge < -0.3 is 20.1 Å². The summed E-state index contributed by atoms with van der Waals surface area (Å²) in [7, 11) is 1.79. The van der Waals surface area contributed by atoms with Crippen molar-refractivity contribution in [3.8, 4) is 0 Å². The summed E-state index contributed by atoms with van der Waals surface area (Å²) in [4.78, 5) is 6.62. The van der Waals surface area contributed by atoms with Crippen molar-refractivity contribution in [3.63, 3.8) is 0 Å². The molecule has 0 atom stereocenters. The van der Waals surface area contributed by atoms with Gasteiger partial charge in [0.25, 0.3) is 0 Å². The summed E-state index contributed by atoms with van der Waals surface area (Å²) in [6, 6.07) is 10.2. The van der Waals surface area contributed by atoms with Gasteiger partial charge in [-0.1, -0.05) is 30.3 Å². The number of guanidine groups is 1. The zero-order valence-corrected chi connectivity index (χ0v) is 14.0. The van der Waals surface area contributed by atoms with Crippen LogP contribution in [0.25, 0.3) is 0 Å². The molecule has 128 valence electrons. The van der Waals surface area contributed by atoms with Crippen LogP contribution in [0.2, 0.25) is 0 Å². The normalized spacial score (nSPS) is 16.3. The summed E-state index contributed by atoms with van der Waals surface area (Å²) in [6.07, 6.45) is 0. The van der Waals surface area contributed by atoms with E-state index >= 15 is 0 Å². The molecule has 1 aliphatic heterocycles. The molecule has 2 rings (SSSR count). The fourth-order valence-corrected chi connectivity index (χ4v) is 2.38. The molecule has 1 fully saturated rings. The number of hydrogen-bond donors (Lipinski definition) is 2. The van der Waals surface area contributed by atoms with E-state index in [4.69, 9.17) is 9.47 Å². The highest BCUT2D eigenvalue weighted by atomic mass is 16.5. The molecule has 2 N–H and O–H groups in total. The Morgan fingerprint density at radius 1 is 1.17 bits per heavy atom. The zero-order valence-electron chi connectivity index (χ0n) is 14.0. The Labute approximate surface area is 138 Å². The van der Waals surface area contributed by atoms with E-state index in [0.717, 1.165) is 51.9 Å². The van der Waals surface area contributed by atoms with Crippen LogP contribution in [0.15, 0.2) is 35.3 Å². The maximum Gasteiger partial charge on any atom is 0.191 e. The van der Waals surface area contributed by atoms with Gasteiger partial charge in [0.05, 0.1) is 26.4 Å². The molecule has 1 heterocycles. The van der Waals surface area contributed by atoms with E-state index < -0.39 is 0 Å². The first-order chi connectivity index (χ1) is 11.4. The Kier molecular flexibility index (Phi) is 8.47. The van der Waals surface area contributed by atoms with Crippen LogP contribution in [0.5, 0.6) is 0 Å². The van der Waals surface area contributed by atoms with E-state index in [1.165, 1.54) is 5.56 Å². The molecule has 0 aromatic heterocycles. The van der Waals surface area contributed by atoms with Gasteiger partial charge in [-0.2, -0.15) is 0 Å². The molecule has 0 unspecified atom stereocenters. The molecule has 0 saturated carbocycles. The monoisotopic (exact) mass is 320 g/mol. The minimum atomic E-state index is 0.644. The first kappa shape index (κ1) is 17.7. The van der Waals surface area contributed by atoms with Crippen LogP contribution >= 0.6 is 0 Å². The molecule has 1 aromatic rings. The van der Waals surface area contributed by atoms with Crippen molar-refractivity contribution in [1.29, 1.82) is 0 Å². The third-order valence-electron chi connectivity index (χ3n) is 3.70. The van der Waals surface area contributed by atoms with Crippen molar-refractivity contribution in [2.24, 2.45) is 4.99 Å². The summed E-state index contributed by atoms with van der Waals surface area (Å²) in [5.74, 6) is 0.821. The number of nitrogens with zero attached hydrogens (tertiary/aromatic N) is 2. The lowest BCUT2D eigenvalue weighted by Gasteiger charge is -2.26. The van der Waals surface area contributed by atoms with Crippen molar-refractivity contribution >= 4 is 5.96 Å². The highest BCUT2D eigenvalue weighted by Crippen LogP contribution is 1.99. The molecular weight excluding hydrogens is 292 g/mol. The average Bonchev–Trinajstić information content (AvgIpc) is 2.61. The van der Waals surface area contributed by atoms with Gasteiger partial charge in [0.15, 0.2) is 5.96 Å². The molecule has 23 heavy (non-hydrogen) atoms. The fourth-order valence-electron chi connectivity index (χ4n) is 2.38. The summed E-state index contributed by atoms with van der Waals surface area (Å²) >= 11 is 0. The Hall–Kier alpha value is -1.63. The van der Waals surface area contributed by atoms with Crippen LogP contribution in [0.3, 0.4) is 0 Å². The van der Waals surface area contributed by atoms with Gasteiger partial charge in [-0.25, -0.2) is 0 Å². The third kappa shape index (κ3) is 7.45. The Morgan fingerprint density at radius 2 is 1.91 bits per heavy atom. The van der Waals surface area contributed by atoms with Crippen LogP contribution in [0.4, 0.5) is 0 Å². The summed E-state index contributed by atoms with van der Waals surface area (Å²) in [5.41, 5.74) is 1.19. The molecule has 1 saturated heterocycles. The molecule has 0 spiro atoms. The van der Waals surface area contributed by atoms with Gasteiger partial charge in [0, 0.05) is 39.8 Å². The van der Waals surface area contributed by atoms with Gasteiger partial charge in [0.1, 0.15) is 0 Å². The smallest absolute Gasteiger partial charge is 0.191 e. The molecular formula is C17H28N4O2. The van der Waals surface area contributed by atoms with Gasteiger partial charge in [0.2, 0.25) is 0 Å². The number of nitrogens with one attached hydrogen (secondary N) is 2. The molecule has 0 aliphatic carbocycles. The second-order valence-corrected chi connectivity index (χ2v) is 5.42. The molecule has 1 aliphatic rings. The second-order valence-electron chi connectivity index (χ2n) is 5.42. The van der Waals surface area contributed by atoms with Crippen LogP contribution in [-0.2, 0) is 16.1 Å². The van der Waals surface area contributed by atoms with E-state index in [-0.39, 0.29) is 0 Å². The van der Waals surface area contributed by atoms with Crippen LogP contribution in [-0.4, -0.2) is 70.5 Å². The lowest BCUT2D eigenvalue weighted by atomic mass is 10.2. The van der Waals surface area contributed by atoms with Crippen LogP contribution < -0.4 is 10.6 Å². The minimum Gasteiger partial charge on any atom is -0.379 e. The van der Waals surface area contributed by atoms with Gasteiger partial charge in [-0.3, -0.25) is 9.89 Å². The molecule has 6 nitrogen and oxygen atoms in total. The number of rotatable bonds is 8. The standard InChI is InChI=1S/C17H28N4O2/c1-18-17(19-7-9-21-10-13-22-14-11-21)20-8-12-23-15-16-5-3-2-4-6-16/h2-6H,7-15H2,1H3,(H2,18,19,20). The first-order valence-corrected chi connectivity index (χ1v) is 8.25. The molecule has 1 aromatic carbocycles. The lowest BCUT2D eigenvalue weighted by molar-refractivity contribution is 0.0389. The van der Waals surface area contributed by atoms with Crippen molar-refractivity contribution in [2.75, 3.05) is 59.6 Å². The van der Waals surface area contributed by atoms with Crippen molar-refractivity contribution in [2.45, 2.75) is 6.61 Å². The summed E-state index contributed by atoms with van der Waals surface area (Å²) in [6.45, 7) is 7.63. The quantitative estimate of drug-likeness (QED) is 0.419. The highest BCUT2D eigenvalue weighted by Gasteiger charge is 2.09. The minimum absolute atomic E-state index is 0.644. The molecule has 0 bridgehead atoms. The summed E-state index contributed by atoms with van der Waals surface area (Å²) < 4.78 is 11.0. The summed E-state index contributed by atoms with van der Waals surface area (Å²) in [5, 5.41) is 6.59. The largest absolute Gasteiger partial charge is 0.379 e. The third-order valence-corrected chi connectivity index (χ3v) is 3.70. The van der Waals surface area contributed by atoms with Crippen molar-refractivity contribution in [1.82, 2.24) is 15.5 Å². The van der Waals surface area contributed by atoms with Crippen LogP contribution in [0, 0.1) is 0 Å². The van der Waals surface area contributed by atoms with Gasteiger partial charge in [-0.05, 0) is 5.56 Å². The molecule has 0 amide bonds. The number of ether oxygens (including phenoxy) is 2. The fraction of sp³-hybridized carbons (Fsp3) is 0.588. The topological polar surface area (TPSA) is 58.1 Å². The maximum atomic E-state index is 5.65. The first-order valence-electron chi connectivity index (χ1n) is 8.25. The lowest BCUT2D eigenvalue weighted by Crippen LogP contribution is -2.45. The molecule has 6 heteroatoms. The van der Waals surface area contributed by atoms with Gasteiger partial charge in [-0.15, -0.1) is 0 Å². The van der Waals surface area contributed by atoms with Gasteiger partial charge >= 0.3 is 0 Å². The van der Waals surface area contributed by atoms with E-state index in [1.807, 2.05) is 18.2 Å². The average molecular weight is 320 g/mol. The predicted molar refractivity (Wildman–Crippen MR) is 92.7 cm³/mol. The maximum absolute atomic E-state index is 5.65. The van der Waals surface area contributed by atoms with Crippen LogP contribution in [0.1, 0.15) is 5.56 Å².